The van der Waals surface area contributed by atoms with Crippen molar-refractivity contribution in [1.29, 1.82) is 0 Å². The molecule has 18 heavy (non-hydrogen) atoms. The van der Waals surface area contributed by atoms with Crippen molar-refractivity contribution in [3.8, 4) is 0 Å². The Labute approximate surface area is 116 Å². The zero-order valence-corrected chi connectivity index (χ0v) is 12.4. The summed E-state index contributed by atoms with van der Waals surface area (Å²) in [5.41, 5.74) is 5.48. The fourth-order valence-corrected chi connectivity index (χ4v) is 1.33. The van der Waals surface area contributed by atoms with E-state index in [4.69, 9.17) is 5.73 Å². The van der Waals surface area contributed by atoms with Crippen LogP contribution in [-0.4, -0.2) is 42.9 Å². The van der Waals surface area contributed by atoms with Gasteiger partial charge in [-0.15, -0.1) is 12.4 Å². The second-order valence-electron chi connectivity index (χ2n) is 4.29. The molecule has 0 aliphatic rings. The first-order chi connectivity index (χ1) is 8.02. The maximum absolute atomic E-state index is 11.7. The number of nitrogens with two attached hydrogens (primary N) is 1. The SMILES string of the molecule is CCCNC(=O)CCCC(=O)N(C)C(C)CN.Cl. The van der Waals surface area contributed by atoms with Crippen LogP contribution in [0.15, 0.2) is 0 Å². The normalized spacial score (nSPS) is 11.3. The summed E-state index contributed by atoms with van der Waals surface area (Å²) < 4.78 is 0. The predicted molar refractivity (Wildman–Crippen MR) is 75.7 cm³/mol. The lowest BCUT2D eigenvalue weighted by Crippen LogP contribution is -2.39. The van der Waals surface area contributed by atoms with Gasteiger partial charge in [0.15, 0.2) is 0 Å². The van der Waals surface area contributed by atoms with E-state index >= 15 is 0 Å². The molecule has 6 heteroatoms. The van der Waals surface area contributed by atoms with Crippen molar-refractivity contribution in [2.24, 2.45) is 5.73 Å². The van der Waals surface area contributed by atoms with Gasteiger partial charge in [-0.25, -0.2) is 0 Å². The largest absolute Gasteiger partial charge is 0.356 e. The summed E-state index contributed by atoms with van der Waals surface area (Å²) in [7, 11) is 1.75. The lowest BCUT2D eigenvalue weighted by Gasteiger charge is -2.23. The smallest absolute Gasteiger partial charge is 0.222 e. The molecular weight excluding hydrogens is 254 g/mol. The molecule has 0 radical (unpaired) electrons. The van der Waals surface area contributed by atoms with Gasteiger partial charge in [-0.05, 0) is 19.8 Å². The molecule has 5 nitrogen and oxygen atoms in total. The maximum Gasteiger partial charge on any atom is 0.222 e. The van der Waals surface area contributed by atoms with Crippen LogP contribution in [0.4, 0.5) is 0 Å². The number of halogens is 1. The van der Waals surface area contributed by atoms with E-state index in [-0.39, 0.29) is 30.3 Å². The van der Waals surface area contributed by atoms with E-state index in [0.29, 0.717) is 32.4 Å². The Morgan fingerprint density at radius 2 is 1.94 bits per heavy atom. The van der Waals surface area contributed by atoms with Crippen molar-refractivity contribution in [1.82, 2.24) is 10.2 Å². The fourth-order valence-electron chi connectivity index (χ4n) is 1.33. The van der Waals surface area contributed by atoms with Gasteiger partial charge in [-0.2, -0.15) is 0 Å². The summed E-state index contributed by atoms with van der Waals surface area (Å²) in [6, 6.07) is 0.0522. The van der Waals surface area contributed by atoms with Crippen molar-refractivity contribution in [2.75, 3.05) is 20.1 Å². The molecule has 0 aromatic carbocycles. The first kappa shape index (κ1) is 19.5. The molecule has 0 aliphatic carbocycles. The van der Waals surface area contributed by atoms with Crippen molar-refractivity contribution in [3.63, 3.8) is 0 Å². The molecule has 0 saturated carbocycles. The summed E-state index contributed by atoms with van der Waals surface area (Å²) in [5, 5.41) is 2.79. The van der Waals surface area contributed by atoms with Crippen molar-refractivity contribution in [2.45, 2.75) is 45.6 Å². The van der Waals surface area contributed by atoms with Gasteiger partial charge in [0, 0.05) is 39.0 Å². The number of carbonyl (C=O) groups excluding carboxylic acids is 2. The molecular formula is C12H26ClN3O2. The van der Waals surface area contributed by atoms with E-state index in [1.54, 1.807) is 11.9 Å². The number of rotatable bonds is 8. The predicted octanol–water partition coefficient (Wildman–Crippen LogP) is 0.910. The van der Waals surface area contributed by atoms with Gasteiger partial charge in [-0.1, -0.05) is 6.92 Å². The molecule has 3 N–H and O–H groups in total. The Bertz CT molecular complexity index is 249. The minimum absolute atomic E-state index is 0. The fraction of sp³-hybridized carbons (Fsp3) is 0.833. The van der Waals surface area contributed by atoms with Crippen molar-refractivity contribution in [3.05, 3.63) is 0 Å². The zero-order chi connectivity index (χ0) is 13.3. The van der Waals surface area contributed by atoms with E-state index in [1.807, 2.05) is 13.8 Å². The van der Waals surface area contributed by atoms with Gasteiger partial charge >= 0.3 is 0 Å². The molecule has 1 atom stereocenters. The number of likely N-dealkylation sites (N-methyl/N-ethyl adjacent to an activating group) is 1. The highest BCUT2D eigenvalue weighted by molar-refractivity contribution is 5.85. The van der Waals surface area contributed by atoms with Crippen molar-refractivity contribution < 1.29 is 9.59 Å². The van der Waals surface area contributed by atoms with Crippen LogP contribution in [-0.2, 0) is 9.59 Å². The zero-order valence-electron chi connectivity index (χ0n) is 11.6. The molecule has 0 aliphatic heterocycles. The maximum atomic E-state index is 11.7. The minimum Gasteiger partial charge on any atom is -0.356 e. The summed E-state index contributed by atoms with van der Waals surface area (Å²) >= 11 is 0. The Morgan fingerprint density at radius 3 is 2.44 bits per heavy atom. The topological polar surface area (TPSA) is 75.4 Å². The summed E-state index contributed by atoms with van der Waals surface area (Å²) in [6.07, 6.45) is 2.34. The van der Waals surface area contributed by atoms with Crippen LogP contribution in [0, 0.1) is 0 Å². The van der Waals surface area contributed by atoms with E-state index in [9.17, 15) is 9.59 Å². The average Bonchev–Trinajstić information content (AvgIpc) is 2.34. The highest BCUT2D eigenvalue weighted by atomic mass is 35.5. The number of nitrogens with zero attached hydrogens (tertiary/aromatic N) is 1. The molecule has 108 valence electrons. The monoisotopic (exact) mass is 279 g/mol. The van der Waals surface area contributed by atoms with Gasteiger partial charge in [0.25, 0.3) is 0 Å². The molecule has 0 rings (SSSR count). The Morgan fingerprint density at radius 1 is 1.33 bits per heavy atom. The number of nitrogens with one attached hydrogen (secondary N) is 1. The third-order valence-electron chi connectivity index (χ3n) is 2.76. The summed E-state index contributed by atoms with van der Waals surface area (Å²) in [5.74, 6) is 0.0698. The molecule has 0 heterocycles. The molecule has 0 fully saturated rings. The number of hydrogen-bond acceptors (Lipinski definition) is 3. The van der Waals surface area contributed by atoms with Crippen LogP contribution in [0.25, 0.3) is 0 Å². The minimum atomic E-state index is 0. The molecule has 0 aromatic heterocycles. The highest BCUT2D eigenvalue weighted by Gasteiger charge is 2.14. The Hall–Kier alpha value is -0.810. The van der Waals surface area contributed by atoms with Crippen LogP contribution in [0.3, 0.4) is 0 Å². The molecule has 0 aromatic rings. The second kappa shape index (κ2) is 11.3. The molecule has 0 spiro atoms. The third kappa shape index (κ3) is 8.31. The van der Waals surface area contributed by atoms with Crippen LogP contribution in [0.2, 0.25) is 0 Å². The third-order valence-corrected chi connectivity index (χ3v) is 2.76. The second-order valence-corrected chi connectivity index (χ2v) is 4.29. The quantitative estimate of drug-likeness (QED) is 0.693. The van der Waals surface area contributed by atoms with E-state index in [1.165, 1.54) is 0 Å². The summed E-state index contributed by atoms with van der Waals surface area (Å²) in [6.45, 7) is 5.08. The molecule has 0 bridgehead atoms. The number of carbonyl (C=O) groups is 2. The van der Waals surface area contributed by atoms with Crippen LogP contribution >= 0.6 is 12.4 Å². The average molecular weight is 280 g/mol. The van der Waals surface area contributed by atoms with Gasteiger partial charge in [0.05, 0.1) is 0 Å². The lowest BCUT2D eigenvalue weighted by atomic mass is 10.2. The molecule has 2 amide bonds. The number of amides is 2. The first-order valence-corrected chi connectivity index (χ1v) is 6.25. The highest BCUT2D eigenvalue weighted by Crippen LogP contribution is 2.02. The Kier molecular flexibility index (Phi) is 12.2. The van der Waals surface area contributed by atoms with Gasteiger partial charge < -0.3 is 16.0 Å². The van der Waals surface area contributed by atoms with Crippen LogP contribution < -0.4 is 11.1 Å². The number of hydrogen-bond donors (Lipinski definition) is 2. The van der Waals surface area contributed by atoms with E-state index < -0.39 is 0 Å². The standard InChI is InChI=1S/C12H25N3O2.ClH/c1-4-8-14-11(16)6-5-7-12(17)15(3)10(2)9-13;/h10H,4-9,13H2,1-3H3,(H,14,16);1H. The van der Waals surface area contributed by atoms with Crippen LogP contribution in [0.1, 0.15) is 39.5 Å². The van der Waals surface area contributed by atoms with E-state index in [2.05, 4.69) is 5.32 Å². The summed E-state index contributed by atoms with van der Waals surface area (Å²) in [4.78, 5) is 24.6. The lowest BCUT2D eigenvalue weighted by molar-refractivity contribution is -0.131. The molecule has 1 unspecified atom stereocenters. The van der Waals surface area contributed by atoms with Crippen LogP contribution in [0.5, 0.6) is 0 Å². The van der Waals surface area contributed by atoms with E-state index in [0.717, 1.165) is 6.42 Å². The first-order valence-electron chi connectivity index (χ1n) is 6.25. The van der Waals surface area contributed by atoms with Gasteiger partial charge in [0.2, 0.25) is 11.8 Å². The van der Waals surface area contributed by atoms with Gasteiger partial charge in [-0.3, -0.25) is 9.59 Å². The Balaban J connectivity index is 0. The van der Waals surface area contributed by atoms with Gasteiger partial charge in [0.1, 0.15) is 0 Å². The van der Waals surface area contributed by atoms with Crippen molar-refractivity contribution >= 4 is 24.2 Å². The molecule has 0 saturated heterocycles.